The van der Waals surface area contributed by atoms with E-state index in [-0.39, 0.29) is 0 Å². The third-order valence-electron chi connectivity index (χ3n) is 5.24. The van der Waals surface area contributed by atoms with Crippen LogP contribution in [0.15, 0.2) is 43.1 Å². The van der Waals surface area contributed by atoms with Crippen LogP contribution in [-0.4, -0.2) is 30.3 Å². The van der Waals surface area contributed by atoms with Gasteiger partial charge in [0.1, 0.15) is 5.75 Å². The highest BCUT2D eigenvalue weighted by molar-refractivity contribution is 5.83. The second kappa shape index (κ2) is 8.45. The first-order chi connectivity index (χ1) is 12.2. The summed E-state index contributed by atoms with van der Waals surface area (Å²) in [4.78, 5) is 4.39. The maximum absolute atomic E-state index is 10.7. The van der Waals surface area contributed by atoms with Gasteiger partial charge in [0, 0.05) is 18.1 Å². The molecule has 0 spiro atoms. The fourth-order valence-corrected chi connectivity index (χ4v) is 3.79. The molecule has 134 valence electrons. The van der Waals surface area contributed by atoms with Crippen LogP contribution in [0, 0.1) is 11.8 Å². The number of aliphatic hydroxyl groups excluding tert-OH is 1. The smallest absolute Gasteiger partial charge is 0.119 e. The first kappa shape index (κ1) is 17.9. The molecule has 2 aromatic rings. The largest absolute Gasteiger partial charge is 0.497 e. The molecular weight excluding hydrogens is 312 g/mol. The first-order valence-electron chi connectivity index (χ1n) is 9.15. The predicted molar refractivity (Wildman–Crippen MR) is 102 cm³/mol. The third-order valence-corrected chi connectivity index (χ3v) is 5.24. The zero-order valence-corrected chi connectivity index (χ0v) is 14.9. The summed E-state index contributed by atoms with van der Waals surface area (Å²) in [6.07, 6.45) is 7.50. The molecule has 4 nitrogen and oxygen atoms in total. The molecule has 3 atom stereocenters. The van der Waals surface area contributed by atoms with Crippen molar-refractivity contribution in [3.8, 4) is 5.75 Å². The van der Waals surface area contributed by atoms with E-state index >= 15 is 0 Å². The summed E-state index contributed by atoms with van der Waals surface area (Å²) in [5.74, 6) is 2.05. The number of hydrogen-bond acceptors (Lipinski definition) is 4. The minimum absolute atomic E-state index is 0.468. The van der Waals surface area contributed by atoms with E-state index in [1.54, 1.807) is 13.3 Å². The molecule has 1 saturated heterocycles. The standard InChI is InChI=1S/C21H28N2O2/c1-3-15-11-16(14-22-13-15)5-4-6-21(24)18-9-10-23-20-8-7-17(25-2)12-19(18)20/h3,7-10,12,15-16,21-22,24H,1,4-6,11,13-14H2,2H3. The molecule has 2 heterocycles. The lowest BCUT2D eigenvalue weighted by Crippen LogP contribution is -2.35. The second-order valence-corrected chi connectivity index (χ2v) is 6.99. The molecule has 2 N–H and O–H groups in total. The molecule has 3 unspecified atom stereocenters. The van der Waals surface area contributed by atoms with Crippen LogP contribution in [0.5, 0.6) is 5.75 Å². The fraction of sp³-hybridized carbons (Fsp3) is 0.476. The minimum Gasteiger partial charge on any atom is -0.497 e. The van der Waals surface area contributed by atoms with Crippen LogP contribution in [0.4, 0.5) is 0 Å². The number of fused-ring (bicyclic) bond motifs is 1. The number of methoxy groups -OCH3 is 1. The van der Waals surface area contributed by atoms with Gasteiger partial charge < -0.3 is 15.2 Å². The Labute approximate surface area is 149 Å². The van der Waals surface area contributed by atoms with Crippen molar-refractivity contribution in [3.63, 3.8) is 0 Å². The number of nitrogens with one attached hydrogen (secondary N) is 1. The maximum Gasteiger partial charge on any atom is 0.119 e. The van der Waals surface area contributed by atoms with Crippen molar-refractivity contribution in [3.05, 3.63) is 48.7 Å². The van der Waals surface area contributed by atoms with Crippen LogP contribution in [0.1, 0.15) is 37.4 Å². The topological polar surface area (TPSA) is 54.4 Å². The molecule has 0 bridgehead atoms. The Morgan fingerprint density at radius 1 is 1.40 bits per heavy atom. The van der Waals surface area contributed by atoms with Crippen LogP contribution in [0.2, 0.25) is 0 Å². The summed E-state index contributed by atoms with van der Waals surface area (Å²) in [6, 6.07) is 7.72. The van der Waals surface area contributed by atoms with Gasteiger partial charge in [-0.15, -0.1) is 6.58 Å². The fourth-order valence-electron chi connectivity index (χ4n) is 3.79. The van der Waals surface area contributed by atoms with E-state index in [2.05, 4.69) is 23.0 Å². The van der Waals surface area contributed by atoms with E-state index in [0.717, 1.165) is 54.6 Å². The summed E-state index contributed by atoms with van der Waals surface area (Å²) in [6.45, 7) is 6.04. The molecule has 4 heteroatoms. The minimum atomic E-state index is -0.468. The zero-order chi connectivity index (χ0) is 17.6. The van der Waals surface area contributed by atoms with Crippen molar-refractivity contribution in [2.24, 2.45) is 11.8 Å². The van der Waals surface area contributed by atoms with Crippen molar-refractivity contribution in [2.45, 2.75) is 31.8 Å². The molecule has 0 amide bonds. The van der Waals surface area contributed by atoms with E-state index in [1.165, 1.54) is 6.42 Å². The van der Waals surface area contributed by atoms with Gasteiger partial charge >= 0.3 is 0 Å². The molecule has 1 aromatic carbocycles. The number of hydrogen-bond donors (Lipinski definition) is 2. The highest BCUT2D eigenvalue weighted by atomic mass is 16.5. The second-order valence-electron chi connectivity index (χ2n) is 6.99. The van der Waals surface area contributed by atoms with Gasteiger partial charge in [0.05, 0.1) is 18.7 Å². The van der Waals surface area contributed by atoms with Crippen molar-refractivity contribution in [1.29, 1.82) is 0 Å². The average Bonchev–Trinajstić information content (AvgIpc) is 2.67. The number of benzene rings is 1. The molecule has 0 saturated carbocycles. The van der Waals surface area contributed by atoms with Crippen LogP contribution in [0.3, 0.4) is 0 Å². The van der Waals surface area contributed by atoms with Crippen molar-refractivity contribution in [2.75, 3.05) is 20.2 Å². The van der Waals surface area contributed by atoms with Gasteiger partial charge in [0.25, 0.3) is 0 Å². The van der Waals surface area contributed by atoms with Crippen LogP contribution < -0.4 is 10.1 Å². The van der Waals surface area contributed by atoms with Crippen molar-refractivity contribution in [1.82, 2.24) is 10.3 Å². The first-order valence-corrected chi connectivity index (χ1v) is 9.15. The molecular formula is C21H28N2O2. The van der Waals surface area contributed by atoms with E-state index in [9.17, 15) is 5.11 Å². The molecule has 0 aliphatic carbocycles. The van der Waals surface area contributed by atoms with E-state index in [0.29, 0.717) is 11.8 Å². The Bertz CT molecular complexity index is 716. The Hall–Kier alpha value is -1.91. The summed E-state index contributed by atoms with van der Waals surface area (Å²) >= 11 is 0. The Morgan fingerprint density at radius 2 is 2.28 bits per heavy atom. The van der Waals surface area contributed by atoms with Crippen molar-refractivity contribution < 1.29 is 9.84 Å². The van der Waals surface area contributed by atoms with Gasteiger partial charge in [0.15, 0.2) is 0 Å². The predicted octanol–water partition coefficient (Wildman–Crippen LogP) is 3.86. The third kappa shape index (κ3) is 4.39. The quantitative estimate of drug-likeness (QED) is 0.752. The van der Waals surface area contributed by atoms with E-state index < -0.39 is 6.10 Å². The molecule has 0 radical (unpaired) electrons. The van der Waals surface area contributed by atoms with Gasteiger partial charge in [0.2, 0.25) is 0 Å². The lowest BCUT2D eigenvalue weighted by molar-refractivity contribution is 0.160. The highest BCUT2D eigenvalue weighted by Crippen LogP contribution is 2.30. The van der Waals surface area contributed by atoms with Gasteiger partial charge in [-0.05, 0) is 67.5 Å². The summed E-state index contributed by atoms with van der Waals surface area (Å²) < 4.78 is 5.31. The van der Waals surface area contributed by atoms with Crippen LogP contribution in [-0.2, 0) is 0 Å². The molecule has 1 aliphatic rings. The lowest BCUT2D eigenvalue weighted by atomic mass is 9.86. The SMILES string of the molecule is C=CC1CNCC(CCCC(O)c2ccnc3ccc(OC)cc23)C1. The Balaban J connectivity index is 1.62. The average molecular weight is 340 g/mol. The Morgan fingerprint density at radius 3 is 3.08 bits per heavy atom. The molecule has 3 rings (SSSR count). The summed E-state index contributed by atoms with van der Waals surface area (Å²) in [5, 5.41) is 15.2. The van der Waals surface area contributed by atoms with Crippen molar-refractivity contribution >= 4 is 10.9 Å². The van der Waals surface area contributed by atoms with Gasteiger partial charge in [-0.25, -0.2) is 0 Å². The number of aromatic nitrogens is 1. The van der Waals surface area contributed by atoms with Gasteiger partial charge in [-0.3, -0.25) is 4.98 Å². The molecule has 1 aliphatic heterocycles. The van der Waals surface area contributed by atoms with Gasteiger partial charge in [-0.2, -0.15) is 0 Å². The number of aliphatic hydroxyl groups is 1. The summed E-state index contributed by atoms with van der Waals surface area (Å²) in [7, 11) is 1.66. The molecule has 1 fully saturated rings. The van der Waals surface area contributed by atoms with Crippen LogP contribution >= 0.6 is 0 Å². The Kier molecular flexibility index (Phi) is 6.05. The molecule has 1 aromatic heterocycles. The van der Waals surface area contributed by atoms with Crippen LogP contribution in [0.25, 0.3) is 10.9 Å². The lowest BCUT2D eigenvalue weighted by Gasteiger charge is -2.28. The maximum atomic E-state index is 10.7. The number of rotatable bonds is 7. The number of ether oxygens (including phenoxy) is 1. The summed E-state index contributed by atoms with van der Waals surface area (Å²) in [5.41, 5.74) is 1.83. The number of piperidine rings is 1. The monoisotopic (exact) mass is 340 g/mol. The normalized spacial score (nSPS) is 21.8. The van der Waals surface area contributed by atoms with E-state index in [1.807, 2.05) is 24.3 Å². The number of pyridine rings is 1. The highest BCUT2D eigenvalue weighted by Gasteiger charge is 2.20. The van der Waals surface area contributed by atoms with E-state index in [4.69, 9.17) is 4.74 Å². The van der Waals surface area contributed by atoms with Gasteiger partial charge in [-0.1, -0.05) is 12.5 Å². The number of nitrogens with zero attached hydrogens (tertiary/aromatic N) is 1. The zero-order valence-electron chi connectivity index (χ0n) is 14.9. The molecule has 25 heavy (non-hydrogen) atoms.